The summed E-state index contributed by atoms with van der Waals surface area (Å²) >= 11 is 0. The van der Waals surface area contributed by atoms with Gasteiger partial charge in [0.05, 0.1) is 24.5 Å². The first-order chi connectivity index (χ1) is 15.3. The Morgan fingerprint density at radius 2 is 2.09 bits per heavy atom. The number of fused-ring (bicyclic) bond motifs is 2. The number of rotatable bonds is 2. The second kappa shape index (κ2) is 7.54. The van der Waals surface area contributed by atoms with E-state index in [-0.39, 0.29) is 29.3 Å². The molecule has 32 heavy (non-hydrogen) atoms. The molecule has 170 valence electrons. The molecule has 0 radical (unpaired) electrons. The van der Waals surface area contributed by atoms with Crippen LogP contribution >= 0.6 is 0 Å². The Morgan fingerprint density at radius 1 is 1.28 bits per heavy atom. The maximum absolute atomic E-state index is 13.6. The Labute approximate surface area is 186 Å². The van der Waals surface area contributed by atoms with E-state index in [0.29, 0.717) is 12.4 Å². The van der Waals surface area contributed by atoms with Crippen molar-refractivity contribution in [2.24, 2.45) is 0 Å². The van der Waals surface area contributed by atoms with Crippen molar-refractivity contribution < 1.29 is 14.0 Å². The molecule has 2 saturated heterocycles. The molecule has 0 bridgehead atoms. The zero-order valence-electron chi connectivity index (χ0n) is 18.6. The molecule has 9 nitrogen and oxygen atoms in total. The minimum absolute atomic E-state index is 0.0138. The van der Waals surface area contributed by atoms with E-state index < -0.39 is 11.7 Å². The Kier molecular flexibility index (Phi) is 4.92. The number of carbonyl (C=O) groups is 2. The van der Waals surface area contributed by atoms with E-state index in [9.17, 15) is 14.0 Å². The van der Waals surface area contributed by atoms with E-state index in [4.69, 9.17) is 0 Å². The van der Waals surface area contributed by atoms with Crippen molar-refractivity contribution in [1.82, 2.24) is 29.9 Å². The lowest BCUT2D eigenvalue weighted by Crippen LogP contribution is -2.64. The van der Waals surface area contributed by atoms with E-state index in [0.717, 1.165) is 43.5 Å². The number of hydrogen-bond donors (Lipinski definition) is 2. The number of aromatic nitrogens is 3. The molecule has 0 aliphatic carbocycles. The fourth-order valence-corrected chi connectivity index (χ4v) is 5.30. The number of urea groups is 1. The molecule has 2 aromatic rings. The van der Waals surface area contributed by atoms with E-state index in [1.165, 1.54) is 18.6 Å². The minimum atomic E-state index is -0.508. The van der Waals surface area contributed by atoms with Gasteiger partial charge < -0.3 is 15.1 Å². The summed E-state index contributed by atoms with van der Waals surface area (Å²) < 4.78 is 13.1. The van der Waals surface area contributed by atoms with Gasteiger partial charge in [0.1, 0.15) is 11.5 Å². The number of nitrogens with one attached hydrogen (secondary N) is 2. The van der Waals surface area contributed by atoms with Crippen molar-refractivity contribution in [2.75, 3.05) is 25.0 Å². The molecule has 2 N–H and O–H groups in total. The van der Waals surface area contributed by atoms with Crippen molar-refractivity contribution in [3.8, 4) is 0 Å². The number of H-pyrrole nitrogens is 1. The molecule has 3 atom stereocenters. The van der Waals surface area contributed by atoms with Gasteiger partial charge in [0.25, 0.3) is 5.91 Å². The van der Waals surface area contributed by atoms with Gasteiger partial charge in [0.15, 0.2) is 5.82 Å². The van der Waals surface area contributed by atoms with Crippen LogP contribution in [0, 0.1) is 5.82 Å². The molecule has 2 aromatic heterocycles. The normalized spacial score (nSPS) is 27.4. The molecule has 3 aliphatic heterocycles. The van der Waals surface area contributed by atoms with Crippen LogP contribution in [0.15, 0.2) is 18.3 Å². The maximum atomic E-state index is 13.6. The van der Waals surface area contributed by atoms with Gasteiger partial charge >= 0.3 is 6.03 Å². The van der Waals surface area contributed by atoms with Gasteiger partial charge in [0.2, 0.25) is 0 Å². The highest BCUT2D eigenvalue weighted by atomic mass is 19.1. The van der Waals surface area contributed by atoms with Gasteiger partial charge in [-0.2, -0.15) is 5.10 Å². The van der Waals surface area contributed by atoms with E-state index in [1.54, 1.807) is 0 Å². The van der Waals surface area contributed by atoms with Crippen LogP contribution < -0.4 is 5.32 Å². The summed E-state index contributed by atoms with van der Waals surface area (Å²) in [6, 6.07) is 2.48. The summed E-state index contributed by atoms with van der Waals surface area (Å²) in [6.45, 7) is 9.41. The molecule has 3 aliphatic rings. The summed E-state index contributed by atoms with van der Waals surface area (Å²) in [6.07, 6.45) is 3.28. The molecule has 0 spiro atoms. The number of pyridine rings is 1. The van der Waals surface area contributed by atoms with Gasteiger partial charge in [-0.3, -0.25) is 14.8 Å². The average Bonchev–Trinajstić information content (AvgIpc) is 3.43. The Bertz CT molecular complexity index is 1060. The highest BCUT2D eigenvalue weighted by Gasteiger charge is 2.47. The van der Waals surface area contributed by atoms with Crippen LogP contribution in [0.1, 0.15) is 61.4 Å². The molecule has 3 amide bonds. The van der Waals surface area contributed by atoms with Crippen molar-refractivity contribution in [3.63, 3.8) is 0 Å². The van der Waals surface area contributed by atoms with E-state index in [2.05, 4.69) is 39.2 Å². The largest absolute Gasteiger partial charge is 0.321 e. The highest BCUT2D eigenvalue weighted by Crippen LogP contribution is 2.39. The van der Waals surface area contributed by atoms with Crippen LogP contribution in [0.3, 0.4) is 0 Å². The van der Waals surface area contributed by atoms with E-state index >= 15 is 0 Å². The molecule has 5 rings (SSSR count). The van der Waals surface area contributed by atoms with Crippen LogP contribution in [0.4, 0.5) is 15.0 Å². The highest BCUT2D eigenvalue weighted by molar-refractivity contribution is 6.02. The maximum Gasteiger partial charge on any atom is 0.321 e. The summed E-state index contributed by atoms with van der Waals surface area (Å²) in [5.74, 6) is -0.610. The van der Waals surface area contributed by atoms with Gasteiger partial charge in [-0.15, -0.1) is 0 Å². The standard InChI is InChI=1S/C22H28FN7O2/c1-13-10-28-8-4-7-22(28,3)12-30(13)21(32)29-11-16-18(14(29)2)26-27-19(16)25-20(31)17-6-5-15(23)9-24-17/h5-6,9,13-14H,4,7-8,10-12H2,1-3H3,(H2,25,26,27,31)/t13-,14?,22-/m0/s1. The summed E-state index contributed by atoms with van der Waals surface area (Å²) in [5, 5.41) is 9.95. The predicted octanol–water partition coefficient (Wildman–Crippen LogP) is 2.75. The number of amides is 3. The van der Waals surface area contributed by atoms with Crippen LogP contribution in [0.25, 0.3) is 0 Å². The average molecular weight is 442 g/mol. The third-order valence-electron chi connectivity index (χ3n) is 7.23. The van der Waals surface area contributed by atoms with Gasteiger partial charge in [-0.25, -0.2) is 14.2 Å². The first-order valence-corrected chi connectivity index (χ1v) is 11.1. The molecule has 1 unspecified atom stereocenters. The first-order valence-electron chi connectivity index (χ1n) is 11.1. The van der Waals surface area contributed by atoms with Crippen molar-refractivity contribution >= 4 is 17.8 Å². The number of anilines is 1. The molecule has 0 aromatic carbocycles. The van der Waals surface area contributed by atoms with Crippen molar-refractivity contribution in [2.45, 2.75) is 57.8 Å². The predicted molar refractivity (Wildman–Crippen MR) is 115 cm³/mol. The summed E-state index contributed by atoms with van der Waals surface area (Å²) in [4.78, 5) is 36.2. The zero-order chi connectivity index (χ0) is 22.6. The summed E-state index contributed by atoms with van der Waals surface area (Å²) in [7, 11) is 0. The van der Waals surface area contributed by atoms with E-state index in [1.807, 2.05) is 16.7 Å². The number of carbonyl (C=O) groups excluding carboxylic acids is 2. The quantitative estimate of drug-likeness (QED) is 0.747. The van der Waals surface area contributed by atoms with Crippen molar-refractivity contribution in [1.29, 1.82) is 0 Å². The topological polar surface area (TPSA) is 97.5 Å². The lowest BCUT2D eigenvalue weighted by atomic mass is 9.94. The lowest BCUT2D eigenvalue weighted by Gasteiger charge is -2.49. The number of halogens is 1. The fourth-order valence-electron chi connectivity index (χ4n) is 5.30. The summed E-state index contributed by atoms with van der Waals surface area (Å²) in [5.41, 5.74) is 1.75. The molecule has 5 heterocycles. The second-order valence-electron chi connectivity index (χ2n) is 9.39. The number of piperazine rings is 1. The Morgan fingerprint density at radius 3 is 2.84 bits per heavy atom. The van der Waals surface area contributed by atoms with Crippen molar-refractivity contribution in [3.05, 3.63) is 41.1 Å². The molecular formula is C22H28FN7O2. The van der Waals surface area contributed by atoms with Gasteiger partial charge in [-0.05, 0) is 52.3 Å². The number of nitrogens with zero attached hydrogens (tertiary/aromatic N) is 5. The zero-order valence-corrected chi connectivity index (χ0v) is 18.6. The third kappa shape index (κ3) is 3.33. The van der Waals surface area contributed by atoms with Crippen LogP contribution in [-0.2, 0) is 6.54 Å². The first kappa shape index (κ1) is 20.9. The molecular weight excluding hydrogens is 413 g/mol. The Balaban J connectivity index is 1.32. The van der Waals surface area contributed by atoms with Crippen LogP contribution in [0.5, 0.6) is 0 Å². The Hall–Kier alpha value is -3.01. The fraction of sp³-hybridized carbons (Fsp3) is 0.545. The monoisotopic (exact) mass is 441 g/mol. The number of hydrogen-bond acceptors (Lipinski definition) is 5. The third-order valence-corrected chi connectivity index (χ3v) is 7.23. The molecule has 0 saturated carbocycles. The smallest absolute Gasteiger partial charge is 0.319 e. The van der Waals surface area contributed by atoms with Gasteiger partial charge in [0, 0.05) is 30.2 Å². The molecule has 2 fully saturated rings. The molecule has 10 heteroatoms. The SMILES string of the molecule is CC1c2[nH]nc(NC(=O)c3ccc(F)cn3)c2CN1C(=O)N1C[C@]2(C)CCCN2C[C@@H]1C. The van der Waals surface area contributed by atoms with Crippen LogP contribution in [0.2, 0.25) is 0 Å². The van der Waals surface area contributed by atoms with Crippen LogP contribution in [-0.4, -0.2) is 73.0 Å². The number of aromatic amines is 1. The lowest BCUT2D eigenvalue weighted by molar-refractivity contribution is 0.0134. The van der Waals surface area contributed by atoms with Gasteiger partial charge in [-0.1, -0.05) is 0 Å². The second-order valence-corrected chi connectivity index (χ2v) is 9.39. The minimum Gasteiger partial charge on any atom is -0.319 e.